The predicted molar refractivity (Wildman–Crippen MR) is 71.5 cm³/mol. The molecule has 6 heteroatoms. The van der Waals surface area contributed by atoms with E-state index in [1.165, 1.54) is 4.90 Å². The number of amides is 2. The van der Waals surface area contributed by atoms with Crippen LogP contribution in [-0.4, -0.2) is 33.7 Å². The number of carbonyl (C=O) groups excluding carboxylic acids is 2. The Kier molecular flexibility index (Phi) is 3.12. The van der Waals surface area contributed by atoms with Crippen molar-refractivity contribution in [3.8, 4) is 0 Å². The van der Waals surface area contributed by atoms with Gasteiger partial charge in [0.2, 0.25) is 5.91 Å². The summed E-state index contributed by atoms with van der Waals surface area (Å²) in [5.74, 6) is -0.226. The molecule has 1 saturated heterocycles. The van der Waals surface area contributed by atoms with Gasteiger partial charge in [-0.1, -0.05) is 20.8 Å². The van der Waals surface area contributed by atoms with Crippen LogP contribution in [0.4, 0.5) is 5.69 Å². The number of nitrogens with one attached hydrogen (secondary N) is 1. The molecular formula is C13H20N4O2. The van der Waals surface area contributed by atoms with Crippen LogP contribution in [0.15, 0.2) is 12.4 Å². The lowest BCUT2D eigenvalue weighted by molar-refractivity contribution is -0.136. The molecule has 1 aromatic heterocycles. The van der Waals surface area contributed by atoms with E-state index in [1.54, 1.807) is 31.0 Å². The molecule has 0 bridgehead atoms. The smallest absolute Gasteiger partial charge is 0.250 e. The molecule has 2 amide bonds. The van der Waals surface area contributed by atoms with E-state index >= 15 is 0 Å². The monoisotopic (exact) mass is 264 g/mol. The summed E-state index contributed by atoms with van der Waals surface area (Å²) >= 11 is 0. The van der Waals surface area contributed by atoms with E-state index < -0.39 is 12.1 Å². The molecule has 19 heavy (non-hydrogen) atoms. The zero-order chi connectivity index (χ0) is 14.4. The molecule has 0 saturated carbocycles. The second kappa shape index (κ2) is 4.36. The van der Waals surface area contributed by atoms with E-state index in [9.17, 15) is 9.59 Å². The van der Waals surface area contributed by atoms with Crippen LogP contribution in [0.2, 0.25) is 0 Å². The van der Waals surface area contributed by atoms with Crippen molar-refractivity contribution in [2.45, 2.75) is 39.8 Å². The summed E-state index contributed by atoms with van der Waals surface area (Å²) in [6, 6.07) is -1.04. The first-order chi connectivity index (χ1) is 8.71. The van der Waals surface area contributed by atoms with Crippen molar-refractivity contribution in [1.29, 1.82) is 0 Å². The first kappa shape index (κ1) is 13.6. The van der Waals surface area contributed by atoms with Gasteiger partial charge in [0.25, 0.3) is 5.91 Å². The molecule has 2 unspecified atom stereocenters. The van der Waals surface area contributed by atoms with Crippen LogP contribution < -0.4 is 10.2 Å². The van der Waals surface area contributed by atoms with Gasteiger partial charge in [-0.15, -0.1) is 0 Å². The lowest BCUT2D eigenvalue weighted by atomic mass is 9.84. The van der Waals surface area contributed by atoms with Crippen molar-refractivity contribution in [3.05, 3.63) is 12.4 Å². The highest BCUT2D eigenvalue weighted by Crippen LogP contribution is 2.28. The van der Waals surface area contributed by atoms with Crippen LogP contribution in [0, 0.1) is 5.41 Å². The van der Waals surface area contributed by atoms with E-state index in [0.29, 0.717) is 5.69 Å². The van der Waals surface area contributed by atoms with Crippen LogP contribution in [0.3, 0.4) is 0 Å². The summed E-state index contributed by atoms with van der Waals surface area (Å²) in [4.78, 5) is 26.2. The highest BCUT2D eigenvalue weighted by Gasteiger charge is 2.44. The lowest BCUT2D eigenvalue weighted by Gasteiger charge is -2.41. The van der Waals surface area contributed by atoms with Gasteiger partial charge < -0.3 is 5.32 Å². The van der Waals surface area contributed by atoms with Gasteiger partial charge in [-0.2, -0.15) is 5.10 Å². The van der Waals surface area contributed by atoms with Crippen LogP contribution in [0.5, 0.6) is 0 Å². The number of aryl methyl sites for hydroxylation is 1. The highest BCUT2D eigenvalue weighted by molar-refractivity contribution is 6.08. The fraction of sp³-hybridized carbons (Fsp3) is 0.615. The van der Waals surface area contributed by atoms with Gasteiger partial charge in [0.05, 0.1) is 11.9 Å². The Morgan fingerprint density at radius 1 is 1.32 bits per heavy atom. The van der Waals surface area contributed by atoms with Crippen molar-refractivity contribution >= 4 is 17.5 Å². The summed E-state index contributed by atoms with van der Waals surface area (Å²) in [6.45, 7) is 7.53. The van der Waals surface area contributed by atoms with Crippen LogP contribution in [0.1, 0.15) is 27.7 Å². The number of hydrogen-bond acceptors (Lipinski definition) is 3. The number of carbonyl (C=O) groups is 2. The Balaban J connectivity index is 2.40. The second-order valence-corrected chi connectivity index (χ2v) is 6.06. The Hall–Kier alpha value is -1.85. The number of aromatic nitrogens is 2. The topological polar surface area (TPSA) is 67.2 Å². The van der Waals surface area contributed by atoms with Gasteiger partial charge in [-0.25, -0.2) is 0 Å². The van der Waals surface area contributed by atoms with Crippen molar-refractivity contribution in [2.75, 3.05) is 4.90 Å². The quantitative estimate of drug-likeness (QED) is 0.811. The molecule has 1 fully saturated rings. The minimum absolute atomic E-state index is 0.0902. The summed E-state index contributed by atoms with van der Waals surface area (Å²) in [6.07, 6.45) is 3.35. The fourth-order valence-electron chi connectivity index (χ4n) is 2.24. The number of rotatable bonds is 1. The normalized spacial score (nSPS) is 24.6. The van der Waals surface area contributed by atoms with Crippen LogP contribution >= 0.6 is 0 Å². The maximum atomic E-state index is 12.6. The van der Waals surface area contributed by atoms with E-state index in [4.69, 9.17) is 0 Å². The Morgan fingerprint density at radius 3 is 2.42 bits per heavy atom. The summed E-state index contributed by atoms with van der Waals surface area (Å²) in [5, 5.41) is 6.87. The first-order valence-corrected chi connectivity index (χ1v) is 6.34. The molecular weight excluding hydrogens is 244 g/mol. The standard InChI is InChI=1S/C13H20N4O2/c1-8-11(18)15-10(13(2,3)4)12(19)17(8)9-6-14-16(5)7-9/h6-8,10H,1-5H3,(H,15,18). The van der Waals surface area contributed by atoms with E-state index in [2.05, 4.69) is 10.4 Å². The third kappa shape index (κ3) is 2.34. The lowest BCUT2D eigenvalue weighted by Crippen LogP contribution is -2.66. The molecule has 1 aromatic rings. The summed E-state index contributed by atoms with van der Waals surface area (Å²) in [5.41, 5.74) is 0.331. The summed E-state index contributed by atoms with van der Waals surface area (Å²) < 4.78 is 1.62. The van der Waals surface area contributed by atoms with Gasteiger partial charge in [0, 0.05) is 13.2 Å². The summed E-state index contributed by atoms with van der Waals surface area (Å²) in [7, 11) is 1.78. The molecule has 104 valence electrons. The number of hydrogen-bond donors (Lipinski definition) is 1. The molecule has 2 atom stereocenters. The molecule has 1 aliphatic rings. The maximum absolute atomic E-state index is 12.6. The molecule has 2 heterocycles. The molecule has 0 aromatic carbocycles. The molecule has 1 N–H and O–H groups in total. The van der Waals surface area contributed by atoms with Crippen LogP contribution in [-0.2, 0) is 16.6 Å². The fourth-order valence-corrected chi connectivity index (χ4v) is 2.24. The molecule has 6 nitrogen and oxygen atoms in total. The first-order valence-electron chi connectivity index (χ1n) is 6.34. The SMILES string of the molecule is CC1C(=O)NC(C(C)(C)C)C(=O)N1c1cnn(C)c1. The average molecular weight is 264 g/mol. The third-order valence-electron chi connectivity index (χ3n) is 3.37. The second-order valence-electron chi connectivity index (χ2n) is 6.06. The molecule has 1 aliphatic heterocycles. The van der Waals surface area contributed by atoms with Gasteiger partial charge in [0.1, 0.15) is 12.1 Å². The van der Waals surface area contributed by atoms with E-state index in [0.717, 1.165) is 0 Å². The van der Waals surface area contributed by atoms with E-state index in [-0.39, 0.29) is 17.2 Å². The predicted octanol–water partition coefficient (Wildman–Crippen LogP) is 0.686. The molecule has 0 radical (unpaired) electrons. The Morgan fingerprint density at radius 2 is 1.95 bits per heavy atom. The number of piperazine rings is 1. The zero-order valence-corrected chi connectivity index (χ0v) is 12.0. The largest absolute Gasteiger partial charge is 0.342 e. The van der Waals surface area contributed by atoms with Gasteiger partial charge in [0.15, 0.2) is 0 Å². The molecule has 0 spiro atoms. The highest BCUT2D eigenvalue weighted by atomic mass is 16.2. The minimum atomic E-state index is -0.518. The maximum Gasteiger partial charge on any atom is 0.250 e. The minimum Gasteiger partial charge on any atom is -0.342 e. The van der Waals surface area contributed by atoms with Gasteiger partial charge >= 0.3 is 0 Å². The molecule has 2 rings (SSSR count). The Bertz CT molecular complexity index is 515. The molecule has 0 aliphatic carbocycles. The van der Waals surface area contributed by atoms with E-state index in [1.807, 2.05) is 20.8 Å². The van der Waals surface area contributed by atoms with Crippen molar-refractivity contribution < 1.29 is 9.59 Å². The number of nitrogens with zero attached hydrogens (tertiary/aromatic N) is 3. The van der Waals surface area contributed by atoms with Crippen molar-refractivity contribution in [3.63, 3.8) is 0 Å². The van der Waals surface area contributed by atoms with Crippen LogP contribution in [0.25, 0.3) is 0 Å². The van der Waals surface area contributed by atoms with Gasteiger partial charge in [-0.05, 0) is 12.3 Å². The zero-order valence-electron chi connectivity index (χ0n) is 12.0. The van der Waals surface area contributed by atoms with Crippen molar-refractivity contribution in [2.24, 2.45) is 12.5 Å². The average Bonchev–Trinajstić information content (AvgIpc) is 2.69. The Labute approximate surface area is 112 Å². The van der Waals surface area contributed by atoms with Crippen molar-refractivity contribution in [1.82, 2.24) is 15.1 Å². The number of anilines is 1. The van der Waals surface area contributed by atoms with Gasteiger partial charge in [-0.3, -0.25) is 19.2 Å². The third-order valence-corrected chi connectivity index (χ3v) is 3.37.